The number of anilines is 1. The second kappa shape index (κ2) is 5.81. The molecule has 1 amide bonds. The van der Waals surface area contributed by atoms with Gasteiger partial charge in [-0.15, -0.1) is 0 Å². The molecule has 20 heavy (non-hydrogen) atoms. The third-order valence-electron chi connectivity index (χ3n) is 3.97. The van der Waals surface area contributed by atoms with Crippen molar-refractivity contribution < 1.29 is 9.90 Å². The Bertz CT molecular complexity index is 496. The number of nitrogens with two attached hydrogens (primary N) is 1. The van der Waals surface area contributed by atoms with E-state index in [-0.39, 0.29) is 5.91 Å². The summed E-state index contributed by atoms with van der Waals surface area (Å²) in [4.78, 5) is 14.1. The molecule has 0 heterocycles. The first-order valence-electron chi connectivity index (χ1n) is 7.00. The summed E-state index contributed by atoms with van der Waals surface area (Å²) in [6.45, 7) is 2.31. The zero-order valence-corrected chi connectivity index (χ0v) is 12.1. The summed E-state index contributed by atoms with van der Waals surface area (Å²) in [5, 5.41) is 10.4. The highest BCUT2D eigenvalue weighted by Gasteiger charge is 2.33. The zero-order chi connectivity index (χ0) is 14.8. The number of carbonyl (C=O) groups excluding carboxylic acids is 1. The molecule has 0 spiro atoms. The van der Waals surface area contributed by atoms with E-state index in [1.54, 1.807) is 18.0 Å². The minimum atomic E-state index is -0.731. The number of likely N-dealkylation sites (N-methyl/N-ethyl adjacent to an activating group) is 1. The van der Waals surface area contributed by atoms with E-state index >= 15 is 0 Å². The quantitative estimate of drug-likeness (QED) is 0.577. The molecule has 0 aromatic heterocycles. The third-order valence-corrected chi connectivity index (χ3v) is 3.97. The third kappa shape index (κ3) is 3.11. The molecule has 0 bridgehead atoms. The predicted octanol–water partition coefficient (Wildman–Crippen LogP) is 1.66. The normalized spacial score (nSPS) is 17.0. The largest absolute Gasteiger partial charge is 0.388 e. The van der Waals surface area contributed by atoms with Crippen LogP contribution in [0, 0.1) is 6.92 Å². The van der Waals surface area contributed by atoms with E-state index in [1.165, 1.54) is 0 Å². The van der Waals surface area contributed by atoms with E-state index in [9.17, 15) is 9.90 Å². The van der Waals surface area contributed by atoms with Crippen molar-refractivity contribution in [1.82, 2.24) is 4.90 Å². The molecular weight excluding hydrogens is 254 g/mol. The van der Waals surface area contributed by atoms with Crippen LogP contribution in [-0.4, -0.2) is 35.1 Å². The van der Waals surface area contributed by atoms with Crippen LogP contribution in [0.2, 0.25) is 0 Å². The Morgan fingerprint density at radius 2 is 2.10 bits per heavy atom. The van der Waals surface area contributed by atoms with Crippen molar-refractivity contribution in [3.63, 3.8) is 0 Å². The molecule has 0 atom stereocenters. The number of hydrogen-bond acceptors (Lipinski definition) is 4. The zero-order valence-electron chi connectivity index (χ0n) is 12.1. The summed E-state index contributed by atoms with van der Waals surface area (Å²) in [6, 6.07) is 5.49. The van der Waals surface area contributed by atoms with Gasteiger partial charge in [0.2, 0.25) is 0 Å². The summed E-state index contributed by atoms with van der Waals surface area (Å²) in [5.41, 5.74) is 4.01. The van der Waals surface area contributed by atoms with Gasteiger partial charge in [-0.1, -0.05) is 18.9 Å². The number of benzene rings is 1. The van der Waals surface area contributed by atoms with Crippen molar-refractivity contribution in [3.8, 4) is 0 Å². The van der Waals surface area contributed by atoms with Gasteiger partial charge in [0.25, 0.3) is 5.91 Å². The molecule has 1 aromatic carbocycles. The van der Waals surface area contributed by atoms with Gasteiger partial charge in [0.05, 0.1) is 16.9 Å². The predicted molar refractivity (Wildman–Crippen MR) is 79.4 cm³/mol. The Balaban J connectivity index is 2.14. The maximum atomic E-state index is 12.5. The van der Waals surface area contributed by atoms with E-state index in [1.807, 2.05) is 19.1 Å². The fourth-order valence-corrected chi connectivity index (χ4v) is 2.87. The van der Waals surface area contributed by atoms with Gasteiger partial charge in [0, 0.05) is 13.6 Å². The molecule has 1 aromatic rings. The highest BCUT2D eigenvalue weighted by Crippen LogP contribution is 2.30. The summed E-state index contributed by atoms with van der Waals surface area (Å²) in [6.07, 6.45) is 3.58. The van der Waals surface area contributed by atoms with Crippen molar-refractivity contribution in [3.05, 3.63) is 29.3 Å². The first-order chi connectivity index (χ1) is 9.45. The molecule has 1 aliphatic carbocycles. The number of carbonyl (C=O) groups is 1. The molecular formula is C15H23N3O2. The molecule has 0 unspecified atom stereocenters. The van der Waals surface area contributed by atoms with Gasteiger partial charge in [-0.2, -0.15) is 0 Å². The lowest BCUT2D eigenvalue weighted by Crippen LogP contribution is -2.42. The monoisotopic (exact) mass is 277 g/mol. The molecule has 0 aliphatic heterocycles. The van der Waals surface area contributed by atoms with Gasteiger partial charge in [0.1, 0.15) is 0 Å². The maximum absolute atomic E-state index is 12.5. The van der Waals surface area contributed by atoms with Gasteiger partial charge in [-0.05, 0) is 37.5 Å². The number of hydrazine groups is 1. The molecule has 0 radical (unpaired) electrons. The summed E-state index contributed by atoms with van der Waals surface area (Å²) >= 11 is 0. The number of nitrogens with one attached hydrogen (secondary N) is 1. The molecule has 0 saturated heterocycles. The standard InChI is InChI=1S/C15H23N3O2/c1-11-5-6-12(13(9-11)17-16)14(19)18(2)10-15(20)7-3-4-8-15/h5-6,9,17,20H,3-4,7-8,10,16H2,1-2H3. The topological polar surface area (TPSA) is 78.6 Å². The summed E-state index contributed by atoms with van der Waals surface area (Å²) in [5.74, 6) is 5.35. The highest BCUT2D eigenvalue weighted by molar-refractivity contribution is 5.99. The van der Waals surface area contributed by atoms with Gasteiger partial charge in [-0.25, -0.2) is 0 Å². The number of aryl methyl sites for hydroxylation is 1. The lowest BCUT2D eigenvalue weighted by Gasteiger charge is -2.29. The molecule has 1 fully saturated rings. The average molecular weight is 277 g/mol. The van der Waals surface area contributed by atoms with E-state index in [4.69, 9.17) is 5.84 Å². The SMILES string of the molecule is Cc1ccc(C(=O)N(C)CC2(O)CCCC2)c(NN)c1. The van der Waals surface area contributed by atoms with Crippen LogP contribution in [0.5, 0.6) is 0 Å². The van der Waals surface area contributed by atoms with Crippen molar-refractivity contribution in [2.24, 2.45) is 5.84 Å². The Kier molecular flexibility index (Phi) is 4.30. The number of hydrogen-bond donors (Lipinski definition) is 3. The fourth-order valence-electron chi connectivity index (χ4n) is 2.87. The second-order valence-electron chi connectivity index (χ2n) is 5.79. The van der Waals surface area contributed by atoms with Crippen LogP contribution in [0.15, 0.2) is 18.2 Å². The molecule has 4 N–H and O–H groups in total. The van der Waals surface area contributed by atoms with Crippen molar-refractivity contribution >= 4 is 11.6 Å². The molecule has 2 rings (SSSR count). The smallest absolute Gasteiger partial charge is 0.255 e. The van der Waals surface area contributed by atoms with E-state index in [0.29, 0.717) is 17.8 Å². The minimum Gasteiger partial charge on any atom is -0.388 e. The van der Waals surface area contributed by atoms with Gasteiger partial charge < -0.3 is 15.4 Å². The van der Waals surface area contributed by atoms with Crippen molar-refractivity contribution in [1.29, 1.82) is 0 Å². The molecule has 5 heteroatoms. The van der Waals surface area contributed by atoms with E-state index in [2.05, 4.69) is 5.43 Å². The maximum Gasteiger partial charge on any atom is 0.255 e. The molecule has 1 saturated carbocycles. The lowest BCUT2D eigenvalue weighted by atomic mass is 10.0. The lowest BCUT2D eigenvalue weighted by molar-refractivity contribution is 0.0157. The van der Waals surface area contributed by atoms with Crippen molar-refractivity contribution in [2.75, 3.05) is 19.0 Å². The van der Waals surface area contributed by atoms with Crippen LogP contribution >= 0.6 is 0 Å². The number of nitrogen functional groups attached to an aromatic ring is 1. The first kappa shape index (κ1) is 14.8. The van der Waals surface area contributed by atoms with Crippen LogP contribution in [0.1, 0.15) is 41.6 Å². The van der Waals surface area contributed by atoms with Crippen LogP contribution in [0.25, 0.3) is 0 Å². The van der Waals surface area contributed by atoms with Crippen LogP contribution in [0.4, 0.5) is 5.69 Å². The highest BCUT2D eigenvalue weighted by atomic mass is 16.3. The van der Waals surface area contributed by atoms with Crippen LogP contribution < -0.4 is 11.3 Å². The number of rotatable bonds is 4. The summed E-state index contributed by atoms with van der Waals surface area (Å²) in [7, 11) is 1.72. The molecule has 5 nitrogen and oxygen atoms in total. The van der Waals surface area contributed by atoms with E-state index in [0.717, 1.165) is 31.2 Å². The summed E-state index contributed by atoms with van der Waals surface area (Å²) < 4.78 is 0. The molecule has 1 aliphatic rings. The number of amides is 1. The fraction of sp³-hybridized carbons (Fsp3) is 0.533. The second-order valence-corrected chi connectivity index (χ2v) is 5.79. The van der Waals surface area contributed by atoms with Crippen molar-refractivity contribution in [2.45, 2.75) is 38.2 Å². The first-order valence-corrected chi connectivity index (χ1v) is 7.00. The number of aliphatic hydroxyl groups is 1. The Hall–Kier alpha value is -1.59. The minimum absolute atomic E-state index is 0.127. The van der Waals surface area contributed by atoms with E-state index < -0.39 is 5.60 Å². The van der Waals surface area contributed by atoms with Gasteiger partial charge >= 0.3 is 0 Å². The van der Waals surface area contributed by atoms with Gasteiger partial charge in [0.15, 0.2) is 0 Å². The Morgan fingerprint density at radius 3 is 2.70 bits per heavy atom. The van der Waals surface area contributed by atoms with Gasteiger partial charge in [-0.3, -0.25) is 10.6 Å². The Labute approximate surface area is 119 Å². The molecule has 110 valence electrons. The average Bonchev–Trinajstić information content (AvgIpc) is 2.84. The van der Waals surface area contributed by atoms with Crippen LogP contribution in [-0.2, 0) is 0 Å². The van der Waals surface area contributed by atoms with Crippen LogP contribution in [0.3, 0.4) is 0 Å². The Morgan fingerprint density at radius 1 is 1.45 bits per heavy atom. The number of nitrogens with zero attached hydrogens (tertiary/aromatic N) is 1.